The van der Waals surface area contributed by atoms with Gasteiger partial charge in [-0.15, -0.1) is 21.5 Å². The van der Waals surface area contributed by atoms with Gasteiger partial charge in [-0.2, -0.15) is 0 Å². The van der Waals surface area contributed by atoms with Gasteiger partial charge in [-0.3, -0.25) is 14.9 Å². The Morgan fingerprint density at radius 3 is 2.75 bits per heavy atom. The van der Waals surface area contributed by atoms with Crippen molar-refractivity contribution in [3.63, 3.8) is 0 Å². The molecule has 1 fully saturated rings. The lowest BCUT2D eigenvalue weighted by molar-refractivity contribution is -0.384. The molecule has 0 radical (unpaired) electrons. The summed E-state index contributed by atoms with van der Waals surface area (Å²) in [6.45, 7) is 2.63. The Kier molecular flexibility index (Phi) is 9.44. The largest absolute Gasteiger partial charge is 0.349 e. The molecule has 0 spiro atoms. The van der Waals surface area contributed by atoms with Crippen LogP contribution in [-0.4, -0.2) is 37.9 Å². The van der Waals surface area contributed by atoms with Crippen LogP contribution in [0.3, 0.4) is 0 Å². The summed E-state index contributed by atoms with van der Waals surface area (Å²) in [6, 6.07) is 12.4. The van der Waals surface area contributed by atoms with Crippen LogP contribution in [0, 0.1) is 10.1 Å². The zero-order valence-corrected chi connectivity index (χ0v) is 26.8. The van der Waals surface area contributed by atoms with Gasteiger partial charge in [0.25, 0.3) is 11.6 Å². The fourth-order valence-corrected chi connectivity index (χ4v) is 8.33. The molecule has 12 heteroatoms. The second-order valence-corrected chi connectivity index (χ2v) is 13.6. The van der Waals surface area contributed by atoms with Crippen LogP contribution < -0.4 is 5.32 Å². The predicted octanol–water partition coefficient (Wildman–Crippen LogP) is 8.43. The van der Waals surface area contributed by atoms with E-state index in [1.807, 2.05) is 35.8 Å². The molecular weight excluding hydrogens is 616 g/mol. The van der Waals surface area contributed by atoms with Gasteiger partial charge in [-0.25, -0.2) is 4.99 Å². The van der Waals surface area contributed by atoms with Gasteiger partial charge in [0.1, 0.15) is 5.00 Å². The first kappa shape index (κ1) is 30.5. The topological polar surface area (TPSA) is 115 Å². The highest BCUT2D eigenvalue weighted by Gasteiger charge is 2.27. The van der Waals surface area contributed by atoms with E-state index in [0.717, 1.165) is 67.4 Å². The molecule has 1 saturated carbocycles. The summed E-state index contributed by atoms with van der Waals surface area (Å²) >= 11 is 9.16. The summed E-state index contributed by atoms with van der Waals surface area (Å²) < 4.78 is 1.99. The van der Waals surface area contributed by atoms with E-state index in [0.29, 0.717) is 38.7 Å². The van der Waals surface area contributed by atoms with Gasteiger partial charge < -0.3 is 9.88 Å². The standard InChI is InChI=1S/C32H33ClN6O3S2/c1-2-38-29(20-9-8-10-22(33)17-20)36-37-32(38)44-26-16-15-24(39(41)42)18-21(26)19-34-31-28(25-13-6-7-14-27(25)43-31)30(40)35-23-11-4-3-5-12-23/h8-10,15-19,23H,2-7,11-14H2,1H3,(H,35,40). The molecule has 0 atom stereocenters. The van der Waals surface area contributed by atoms with Crippen LogP contribution in [-0.2, 0) is 19.4 Å². The van der Waals surface area contributed by atoms with Crippen molar-refractivity contribution >= 4 is 57.5 Å². The molecule has 0 bridgehead atoms. The number of rotatable bonds is 9. The third-order valence-corrected chi connectivity index (χ3v) is 10.7. The number of amides is 1. The van der Waals surface area contributed by atoms with Crippen molar-refractivity contribution in [3.05, 3.63) is 79.2 Å². The molecule has 0 unspecified atom stereocenters. The summed E-state index contributed by atoms with van der Waals surface area (Å²) in [5.74, 6) is 0.633. The number of hydrogen-bond acceptors (Lipinski definition) is 8. The summed E-state index contributed by atoms with van der Waals surface area (Å²) in [6.07, 6.45) is 11.1. The van der Waals surface area contributed by atoms with Crippen molar-refractivity contribution in [2.24, 2.45) is 4.99 Å². The number of aryl methyl sites for hydroxylation is 1. The molecule has 0 saturated heterocycles. The highest BCUT2D eigenvalue weighted by atomic mass is 35.5. The lowest BCUT2D eigenvalue weighted by Crippen LogP contribution is -2.36. The third-order valence-electron chi connectivity index (χ3n) is 8.16. The highest BCUT2D eigenvalue weighted by Crippen LogP contribution is 2.41. The quantitative estimate of drug-likeness (QED) is 0.111. The molecule has 2 aliphatic carbocycles. The number of nitro groups is 1. The molecule has 9 nitrogen and oxygen atoms in total. The number of nitrogens with one attached hydrogen (secondary N) is 1. The number of benzene rings is 2. The second kappa shape index (κ2) is 13.6. The van der Waals surface area contributed by atoms with E-state index in [9.17, 15) is 14.9 Å². The van der Waals surface area contributed by atoms with Crippen molar-refractivity contribution in [1.82, 2.24) is 20.1 Å². The Morgan fingerprint density at radius 2 is 1.98 bits per heavy atom. The first-order chi connectivity index (χ1) is 21.4. The van der Waals surface area contributed by atoms with E-state index < -0.39 is 4.92 Å². The summed E-state index contributed by atoms with van der Waals surface area (Å²) in [5, 5.41) is 25.8. The maximum atomic E-state index is 13.6. The Bertz CT molecular complexity index is 1730. The van der Waals surface area contributed by atoms with E-state index in [1.54, 1.807) is 23.6 Å². The number of hydrogen-bond donors (Lipinski definition) is 1. The van der Waals surface area contributed by atoms with E-state index in [2.05, 4.69) is 15.5 Å². The average Bonchev–Trinajstić information content (AvgIpc) is 3.61. The van der Waals surface area contributed by atoms with Crippen LogP contribution in [0.1, 0.15) is 78.2 Å². The van der Waals surface area contributed by atoms with Crippen LogP contribution in [0.15, 0.2) is 57.5 Å². The van der Waals surface area contributed by atoms with Crippen molar-refractivity contribution in [3.8, 4) is 11.4 Å². The van der Waals surface area contributed by atoms with Gasteiger partial charge in [0.2, 0.25) is 0 Å². The first-order valence-corrected chi connectivity index (χ1v) is 17.1. The van der Waals surface area contributed by atoms with Crippen LogP contribution in [0.4, 0.5) is 10.7 Å². The van der Waals surface area contributed by atoms with Crippen molar-refractivity contribution < 1.29 is 9.72 Å². The predicted molar refractivity (Wildman–Crippen MR) is 176 cm³/mol. The van der Waals surface area contributed by atoms with E-state index in [4.69, 9.17) is 16.6 Å². The summed E-state index contributed by atoms with van der Waals surface area (Å²) in [5.41, 5.74) is 3.17. The molecule has 4 aromatic rings. The number of carbonyl (C=O) groups excluding carboxylic acids is 1. The Morgan fingerprint density at radius 1 is 1.16 bits per heavy atom. The molecule has 6 rings (SSSR count). The lowest BCUT2D eigenvalue weighted by Gasteiger charge is -2.23. The summed E-state index contributed by atoms with van der Waals surface area (Å²) in [4.78, 5) is 31.8. The van der Waals surface area contributed by atoms with Crippen molar-refractivity contribution in [2.75, 3.05) is 0 Å². The molecule has 2 aliphatic rings. The maximum Gasteiger partial charge on any atom is 0.270 e. The van der Waals surface area contributed by atoms with Gasteiger partial charge in [-0.05, 0) is 81.0 Å². The Balaban J connectivity index is 1.34. The van der Waals surface area contributed by atoms with Gasteiger partial charge in [-0.1, -0.05) is 43.0 Å². The third kappa shape index (κ3) is 6.60. The number of halogens is 1. The smallest absolute Gasteiger partial charge is 0.270 e. The number of thiophene rings is 1. The molecule has 228 valence electrons. The number of nitro benzene ring substituents is 1. The van der Waals surface area contributed by atoms with Gasteiger partial charge in [0.15, 0.2) is 11.0 Å². The molecule has 2 heterocycles. The average molecular weight is 649 g/mol. The molecule has 1 amide bonds. The molecular formula is C32H33ClN6O3S2. The Hall–Kier alpha value is -3.54. The normalized spacial score (nSPS) is 15.4. The van der Waals surface area contributed by atoms with Crippen molar-refractivity contribution in [2.45, 2.75) is 87.3 Å². The van der Waals surface area contributed by atoms with Crippen LogP contribution in [0.5, 0.6) is 0 Å². The van der Waals surface area contributed by atoms with Crippen molar-refractivity contribution in [1.29, 1.82) is 0 Å². The molecule has 0 aliphatic heterocycles. The zero-order chi connectivity index (χ0) is 30.6. The first-order valence-electron chi connectivity index (χ1n) is 15.1. The maximum absolute atomic E-state index is 13.6. The number of nitrogens with zero attached hydrogens (tertiary/aromatic N) is 5. The number of non-ortho nitro benzene ring substituents is 1. The van der Waals surface area contributed by atoms with Gasteiger partial charge >= 0.3 is 0 Å². The Labute approximate surface area is 269 Å². The van der Waals surface area contributed by atoms with Gasteiger partial charge in [0, 0.05) is 56.9 Å². The fourth-order valence-electron chi connectivity index (χ4n) is 5.94. The van der Waals surface area contributed by atoms with Crippen LogP contribution in [0.25, 0.3) is 11.4 Å². The van der Waals surface area contributed by atoms with E-state index in [1.165, 1.54) is 35.2 Å². The van der Waals surface area contributed by atoms with Crippen LogP contribution >= 0.6 is 34.7 Å². The monoisotopic (exact) mass is 648 g/mol. The minimum absolute atomic E-state index is 0.0342. The fraction of sp³-hybridized carbons (Fsp3) is 0.375. The van der Waals surface area contributed by atoms with E-state index >= 15 is 0 Å². The summed E-state index contributed by atoms with van der Waals surface area (Å²) in [7, 11) is 0. The lowest BCUT2D eigenvalue weighted by atomic mass is 9.93. The molecule has 2 aromatic carbocycles. The van der Waals surface area contributed by atoms with Gasteiger partial charge in [0.05, 0.1) is 10.5 Å². The molecule has 2 aromatic heterocycles. The number of aromatic nitrogens is 3. The second-order valence-electron chi connectivity index (χ2n) is 11.1. The van der Waals surface area contributed by atoms with E-state index in [-0.39, 0.29) is 17.6 Å². The minimum atomic E-state index is -0.412. The SMILES string of the molecule is CCn1c(Sc2ccc([N+](=O)[O-])cc2C=Nc2sc3c(c2C(=O)NC2CCCCC2)CCCC3)nnc1-c1cccc(Cl)c1. The molecule has 44 heavy (non-hydrogen) atoms. The minimum Gasteiger partial charge on any atom is -0.349 e. The number of aliphatic imine (C=N–C) groups is 1. The number of fused-ring (bicyclic) bond motifs is 1. The number of carbonyl (C=O) groups is 1. The molecule has 1 N–H and O–H groups in total. The van der Waals surface area contributed by atoms with Crippen LogP contribution in [0.2, 0.25) is 5.02 Å². The highest BCUT2D eigenvalue weighted by molar-refractivity contribution is 7.99. The zero-order valence-electron chi connectivity index (χ0n) is 24.4.